The summed E-state index contributed by atoms with van der Waals surface area (Å²) in [5.74, 6) is 0.893. The number of piperidine rings is 1. The molecule has 1 aromatic heterocycles. The van der Waals surface area contributed by atoms with Gasteiger partial charge in [-0.2, -0.15) is 0 Å². The fourth-order valence-corrected chi connectivity index (χ4v) is 3.30. The molecule has 2 aromatic rings. The molecule has 1 amide bonds. The van der Waals surface area contributed by atoms with Crippen LogP contribution in [-0.4, -0.2) is 52.1 Å². The summed E-state index contributed by atoms with van der Waals surface area (Å²) >= 11 is 0. The van der Waals surface area contributed by atoms with E-state index in [0.29, 0.717) is 6.61 Å². The SMILES string of the molecule is COCC(=O)N1CCCCC1CCn1cc(COc2ccccc2)nn1. The van der Waals surface area contributed by atoms with Crippen molar-refractivity contribution in [3.63, 3.8) is 0 Å². The fraction of sp³-hybridized carbons (Fsp3) is 0.526. The van der Waals surface area contributed by atoms with Crippen molar-refractivity contribution in [2.24, 2.45) is 0 Å². The monoisotopic (exact) mass is 358 g/mol. The average Bonchev–Trinajstić information content (AvgIpc) is 3.14. The van der Waals surface area contributed by atoms with Crippen LogP contribution in [0.15, 0.2) is 36.5 Å². The van der Waals surface area contributed by atoms with Gasteiger partial charge in [0.25, 0.3) is 0 Å². The second-order valence-corrected chi connectivity index (χ2v) is 6.53. The van der Waals surface area contributed by atoms with Crippen LogP contribution in [0.1, 0.15) is 31.4 Å². The number of likely N-dealkylation sites (tertiary alicyclic amines) is 1. The molecule has 1 saturated heterocycles. The zero-order chi connectivity index (χ0) is 18.2. The summed E-state index contributed by atoms with van der Waals surface area (Å²) in [6, 6.07) is 9.91. The summed E-state index contributed by atoms with van der Waals surface area (Å²) in [5.41, 5.74) is 0.796. The van der Waals surface area contributed by atoms with Crippen LogP contribution in [0, 0.1) is 0 Å². The second kappa shape index (κ2) is 9.33. The maximum Gasteiger partial charge on any atom is 0.248 e. The summed E-state index contributed by atoms with van der Waals surface area (Å²) in [6.07, 6.45) is 6.05. The maximum absolute atomic E-state index is 12.2. The van der Waals surface area contributed by atoms with Crippen LogP contribution in [0.4, 0.5) is 0 Å². The number of aromatic nitrogens is 3. The lowest BCUT2D eigenvalue weighted by Crippen LogP contribution is -2.45. The van der Waals surface area contributed by atoms with Gasteiger partial charge in [-0.05, 0) is 37.8 Å². The molecular formula is C19H26N4O3. The lowest BCUT2D eigenvalue weighted by atomic mass is 9.99. The molecule has 0 N–H and O–H groups in total. The van der Waals surface area contributed by atoms with E-state index in [4.69, 9.17) is 9.47 Å². The van der Waals surface area contributed by atoms with Gasteiger partial charge < -0.3 is 14.4 Å². The van der Waals surface area contributed by atoms with Crippen LogP contribution in [0.3, 0.4) is 0 Å². The van der Waals surface area contributed by atoms with E-state index in [1.807, 2.05) is 46.1 Å². The van der Waals surface area contributed by atoms with E-state index in [1.54, 1.807) is 7.11 Å². The van der Waals surface area contributed by atoms with Crippen LogP contribution in [-0.2, 0) is 22.7 Å². The minimum absolute atomic E-state index is 0.0766. The molecule has 7 heteroatoms. The minimum atomic E-state index is 0.0766. The average molecular weight is 358 g/mol. The molecule has 26 heavy (non-hydrogen) atoms. The molecule has 1 aromatic carbocycles. The van der Waals surface area contributed by atoms with Crippen molar-refractivity contribution < 1.29 is 14.3 Å². The van der Waals surface area contributed by atoms with Crippen LogP contribution in [0.25, 0.3) is 0 Å². The number of hydrogen-bond donors (Lipinski definition) is 0. The van der Waals surface area contributed by atoms with Crippen LogP contribution < -0.4 is 4.74 Å². The van der Waals surface area contributed by atoms with E-state index < -0.39 is 0 Å². The third-order valence-corrected chi connectivity index (χ3v) is 4.62. The molecule has 0 aliphatic carbocycles. The summed E-state index contributed by atoms with van der Waals surface area (Å²) < 4.78 is 12.5. The first-order valence-corrected chi connectivity index (χ1v) is 9.11. The Morgan fingerprint density at radius 2 is 2.12 bits per heavy atom. The van der Waals surface area contributed by atoms with Gasteiger partial charge in [0.2, 0.25) is 5.91 Å². The van der Waals surface area contributed by atoms with E-state index in [2.05, 4.69) is 10.3 Å². The van der Waals surface area contributed by atoms with E-state index >= 15 is 0 Å². The highest BCUT2D eigenvalue weighted by atomic mass is 16.5. The molecule has 1 aliphatic heterocycles. The van der Waals surface area contributed by atoms with Crippen molar-refractivity contribution in [3.05, 3.63) is 42.2 Å². The summed E-state index contributed by atoms with van der Waals surface area (Å²) in [4.78, 5) is 14.2. The van der Waals surface area contributed by atoms with Crippen LogP contribution in [0.5, 0.6) is 5.75 Å². The Labute approximate surface area is 153 Å². The van der Waals surface area contributed by atoms with Gasteiger partial charge in [0.1, 0.15) is 24.7 Å². The highest BCUT2D eigenvalue weighted by Gasteiger charge is 2.26. The first kappa shape index (κ1) is 18.4. The van der Waals surface area contributed by atoms with Gasteiger partial charge in [0.05, 0.1) is 6.20 Å². The number of aryl methyl sites for hydroxylation is 1. The lowest BCUT2D eigenvalue weighted by Gasteiger charge is -2.35. The number of benzene rings is 1. The van der Waals surface area contributed by atoms with Gasteiger partial charge >= 0.3 is 0 Å². The summed E-state index contributed by atoms with van der Waals surface area (Å²) in [5, 5.41) is 8.34. The van der Waals surface area contributed by atoms with Crippen molar-refractivity contribution in [1.29, 1.82) is 0 Å². The van der Waals surface area contributed by atoms with Crippen molar-refractivity contribution in [1.82, 2.24) is 19.9 Å². The highest BCUT2D eigenvalue weighted by Crippen LogP contribution is 2.20. The Morgan fingerprint density at radius 1 is 1.27 bits per heavy atom. The first-order chi connectivity index (χ1) is 12.8. The normalized spacial score (nSPS) is 17.3. The number of nitrogens with zero attached hydrogens (tertiary/aromatic N) is 4. The zero-order valence-electron chi connectivity index (χ0n) is 15.2. The minimum Gasteiger partial charge on any atom is -0.487 e. The third kappa shape index (κ3) is 5.05. The number of amides is 1. The maximum atomic E-state index is 12.2. The Kier molecular flexibility index (Phi) is 6.60. The van der Waals surface area contributed by atoms with Gasteiger partial charge in [-0.1, -0.05) is 23.4 Å². The molecule has 0 saturated carbocycles. The van der Waals surface area contributed by atoms with E-state index in [1.165, 1.54) is 0 Å². The predicted molar refractivity (Wildman–Crippen MR) is 96.6 cm³/mol. The van der Waals surface area contributed by atoms with E-state index in [0.717, 1.165) is 50.2 Å². The molecule has 0 bridgehead atoms. The molecule has 0 radical (unpaired) electrons. The number of hydrogen-bond acceptors (Lipinski definition) is 5. The number of carbonyl (C=O) groups excluding carboxylic acids is 1. The summed E-state index contributed by atoms with van der Waals surface area (Å²) in [6.45, 7) is 2.10. The highest BCUT2D eigenvalue weighted by molar-refractivity contribution is 5.77. The Balaban J connectivity index is 1.49. The Bertz CT molecular complexity index is 689. The number of ether oxygens (including phenoxy) is 2. The van der Waals surface area contributed by atoms with Gasteiger partial charge in [-0.15, -0.1) is 5.10 Å². The molecule has 1 fully saturated rings. The molecule has 2 heterocycles. The Hall–Kier alpha value is -2.41. The molecule has 140 valence electrons. The number of para-hydroxylation sites is 1. The van der Waals surface area contributed by atoms with Gasteiger partial charge in [-0.3, -0.25) is 9.48 Å². The molecule has 1 atom stereocenters. The first-order valence-electron chi connectivity index (χ1n) is 9.11. The van der Waals surface area contributed by atoms with Crippen molar-refractivity contribution in [2.75, 3.05) is 20.3 Å². The third-order valence-electron chi connectivity index (χ3n) is 4.62. The number of carbonyl (C=O) groups is 1. The quantitative estimate of drug-likeness (QED) is 0.724. The molecule has 1 unspecified atom stereocenters. The van der Waals surface area contributed by atoms with Gasteiger partial charge in [-0.25, -0.2) is 0 Å². The van der Waals surface area contributed by atoms with Gasteiger partial charge in [0.15, 0.2) is 0 Å². The molecule has 3 rings (SSSR count). The summed E-state index contributed by atoms with van der Waals surface area (Å²) in [7, 11) is 1.56. The molecular weight excluding hydrogens is 332 g/mol. The standard InChI is InChI=1S/C19H26N4O3/c1-25-15-19(24)23-11-6-5-7-17(23)10-12-22-13-16(20-21-22)14-26-18-8-3-2-4-9-18/h2-4,8-9,13,17H,5-7,10-12,14-15H2,1H3. The second-order valence-electron chi connectivity index (χ2n) is 6.53. The van der Waals surface area contributed by atoms with E-state index in [9.17, 15) is 4.79 Å². The zero-order valence-corrected chi connectivity index (χ0v) is 15.2. The molecule has 1 aliphatic rings. The Morgan fingerprint density at radius 3 is 2.92 bits per heavy atom. The molecule has 7 nitrogen and oxygen atoms in total. The largest absolute Gasteiger partial charge is 0.487 e. The van der Waals surface area contributed by atoms with Crippen molar-refractivity contribution in [2.45, 2.75) is 44.9 Å². The van der Waals surface area contributed by atoms with Crippen molar-refractivity contribution in [3.8, 4) is 5.75 Å². The van der Waals surface area contributed by atoms with Crippen molar-refractivity contribution >= 4 is 5.91 Å². The predicted octanol–water partition coefficient (Wildman–Crippen LogP) is 2.27. The lowest BCUT2D eigenvalue weighted by molar-refractivity contribution is -0.139. The van der Waals surface area contributed by atoms with Crippen LogP contribution in [0.2, 0.25) is 0 Å². The number of methoxy groups -OCH3 is 1. The number of rotatable bonds is 8. The smallest absolute Gasteiger partial charge is 0.248 e. The topological polar surface area (TPSA) is 69.5 Å². The van der Waals surface area contributed by atoms with Crippen LogP contribution >= 0.6 is 0 Å². The molecule has 0 spiro atoms. The van der Waals surface area contributed by atoms with Gasteiger partial charge in [0, 0.05) is 26.2 Å². The van der Waals surface area contributed by atoms with E-state index in [-0.39, 0.29) is 18.6 Å². The fourth-order valence-electron chi connectivity index (χ4n) is 3.30.